The van der Waals surface area contributed by atoms with Crippen molar-refractivity contribution in [3.05, 3.63) is 29.8 Å². The molecule has 0 radical (unpaired) electrons. The Morgan fingerprint density at radius 3 is 1.11 bits per heavy atom. The Hall–Kier alpha value is -1.38. The van der Waals surface area contributed by atoms with Gasteiger partial charge in [0.05, 0.1) is 126 Å². The molecule has 1 N–H and O–H groups in total. The molecule has 1 aromatic rings. The highest BCUT2D eigenvalue weighted by Gasteiger charge is 1.99. The normalized spacial score (nSPS) is 11.4. The van der Waals surface area contributed by atoms with Crippen molar-refractivity contribution >= 4 is 0 Å². The molecule has 11 nitrogen and oxygen atoms in total. The second-order valence-electron chi connectivity index (χ2n) is 10.2. The first kappa shape index (κ1) is 41.6. The molecule has 0 aliphatic heterocycles. The number of aliphatic hydroxyl groups is 1. The predicted molar refractivity (Wildman–Crippen MR) is 173 cm³/mol. The number of aryl methyl sites for hydroxylation is 1. The molecule has 11 heteroatoms. The van der Waals surface area contributed by atoms with Crippen LogP contribution in [0.5, 0.6) is 5.75 Å². The average molecular weight is 647 g/mol. The van der Waals surface area contributed by atoms with Gasteiger partial charge in [0.1, 0.15) is 12.4 Å². The van der Waals surface area contributed by atoms with Gasteiger partial charge in [0.15, 0.2) is 0 Å². The number of hydrogen-bond acceptors (Lipinski definition) is 11. The van der Waals surface area contributed by atoms with E-state index in [1.165, 1.54) is 44.1 Å². The van der Waals surface area contributed by atoms with E-state index in [2.05, 4.69) is 19.1 Å². The summed E-state index contributed by atoms with van der Waals surface area (Å²) >= 11 is 0. The highest BCUT2D eigenvalue weighted by Crippen LogP contribution is 2.15. The molecule has 0 saturated heterocycles. The van der Waals surface area contributed by atoms with Crippen LogP contribution in [0, 0.1) is 0 Å². The zero-order valence-corrected chi connectivity index (χ0v) is 27.9. The van der Waals surface area contributed by atoms with Crippen LogP contribution in [0.4, 0.5) is 0 Å². The maximum atomic E-state index is 8.58. The molecule has 1 aromatic carbocycles. The van der Waals surface area contributed by atoms with Gasteiger partial charge in [-0.25, -0.2) is 0 Å². The minimum atomic E-state index is 0.0281. The standard InChI is InChI=1S/C34H62O11/c1-2-3-4-5-6-7-8-33-9-11-34(12-10-33)45-32-31-44-30-29-43-28-27-42-26-25-41-24-23-40-22-21-39-20-19-38-18-17-37-16-15-36-14-13-35/h9-12,35H,2-8,13-32H2,1H3. The number of rotatable bonds is 37. The van der Waals surface area contributed by atoms with Gasteiger partial charge in [-0.05, 0) is 30.5 Å². The summed E-state index contributed by atoms with van der Waals surface area (Å²) in [6.07, 6.45) is 9.09. The van der Waals surface area contributed by atoms with E-state index in [9.17, 15) is 0 Å². The molecule has 264 valence electrons. The Morgan fingerprint density at radius 1 is 0.400 bits per heavy atom. The van der Waals surface area contributed by atoms with E-state index in [0.717, 1.165) is 12.2 Å². The molecule has 0 heterocycles. The van der Waals surface area contributed by atoms with Crippen LogP contribution < -0.4 is 4.74 Å². The molecular formula is C34H62O11. The van der Waals surface area contributed by atoms with Gasteiger partial charge in [0, 0.05) is 0 Å². The third kappa shape index (κ3) is 31.0. The van der Waals surface area contributed by atoms with Crippen molar-refractivity contribution in [3.63, 3.8) is 0 Å². The quantitative estimate of drug-likeness (QED) is 0.105. The molecule has 45 heavy (non-hydrogen) atoms. The Kier molecular flexibility index (Phi) is 32.8. The Labute approximate surface area is 272 Å². The Balaban J connectivity index is 1.71. The van der Waals surface area contributed by atoms with Crippen molar-refractivity contribution in [3.8, 4) is 5.75 Å². The Morgan fingerprint density at radius 2 is 0.733 bits per heavy atom. The van der Waals surface area contributed by atoms with Crippen molar-refractivity contribution < 1.29 is 52.5 Å². The van der Waals surface area contributed by atoms with Crippen molar-refractivity contribution in [2.45, 2.75) is 51.9 Å². The second-order valence-corrected chi connectivity index (χ2v) is 10.2. The molecule has 0 saturated carbocycles. The largest absolute Gasteiger partial charge is 0.491 e. The highest BCUT2D eigenvalue weighted by atomic mass is 16.6. The molecule has 0 atom stereocenters. The molecule has 0 amide bonds. The van der Waals surface area contributed by atoms with E-state index >= 15 is 0 Å². The van der Waals surface area contributed by atoms with Gasteiger partial charge in [-0.15, -0.1) is 0 Å². The van der Waals surface area contributed by atoms with E-state index in [4.69, 9.17) is 52.5 Å². The van der Waals surface area contributed by atoms with Crippen molar-refractivity contribution in [2.24, 2.45) is 0 Å². The minimum absolute atomic E-state index is 0.0281. The molecule has 0 bridgehead atoms. The number of benzene rings is 1. The van der Waals surface area contributed by atoms with Gasteiger partial charge < -0.3 is 52.5 Å². The van der Waals surface area contributed by atoms with Gasteiger partial charge >= 0.3 is 0 Å². The first-order chi connectivity index (χ1) is 22.4. The molecular weight excluding hydrogens is 584 g/mol. The van der Waals surface area contributed by atoms with Crippen molar-refractivity contribution in [1.29, 1.82) is 0 Å². The number of aliphatic hydroxyl groups excluding tert-OH is 1. The summed E-state index contributed by atoms with van der Waals surface area (Å²) in [5.74, 6) is 0.885. The van der Waals surface area contributed by atoms with Crippen LogP contribution >= 0.6 is 0 Å². The van der Waals surface area contributed by atoms with E-state index in [1.54, 1.807) is 0 Å². The lowest BCUT2D eigenvalue weighted by molar-refractivity contribution is -0.0258. The van der Waals surface area contributed by atoms with Crippen LogP contribution in [0.1, 0.15) is 51.0 Å². The average Bonchev–Trinajstić information content (AvgIpc) is 3.06. The van der Waals surface area contributed by atoms with E-state index in [0.29, 0.717) is 126 Å². The summed E-state index contributed by atoms with van der Waals surface area (Å²) in [7, 11) is 0. The van der Waals surface area contributed by atoms with Crippen LogP contribution in [0.15, 0.2) is 24.3 Å². The molecule has 0 fully saturated rings. The zero-order chi connectivity index (χ0) is 32.1. The summed E-state index contributed by atoms with van der Waals surface area (Å²) in [5, 5.41) is 8.58. The highest BCUT2D eigenvalue weighted by molar-refractivity contribution is 5.27. The lowest BCUT2D eigenvalue weighted by atomic mass is 10.0. The van der Waals surface area contributed by atoms with Crippen molar-refractivity contribution in [1.82, 2.24) is 0 Å². The topological polar surface area (TPSA) is 113 Å². The van der Waals surface area contributed by atoms with Gasteiger partial charge in [0.25, 0.3) is 0 Å². The monoisotopic (exact) mass is 646 g/mol. The van der Waals surface area contributed by atoms with Gasteiger partial charge in [-0.2, -0.15) is 0 Å². The van der Waals surface area contributed by atoms with Crippen LogP contribution in [0.3, 0.4) is 0 Å². The van der Waals surface area contributed by atoms with Crippen LogP contribution in [-0.2, 0) is 49.1 Å². The van der Waals surface area contributed by atoms with Crippen LogP contribution in [0.2, 0.25) is 0 Å². The maximum absolute atomic E-state index is 8.58. The van der Waals surface area contributed by atoms with Crippen molar-refractivity contribution in [2.75, 3.05) is 132 Å². The number of unbranched alkanes of at least 4 members (excludes halogenated alkanes) is 5. The van der Waals surface area contributed by atoms with E-state index in [-0.39, 0.29) is 6.61 Å². The van der Waals surface area contributed by atoms with Gasteiger partial charge in [-0.1, -0.05) is 51.2 Å². The predicted octanol–water partition coefficient (Wildman–Crippen LogP) is 4.11. The number of ether oxygens (including phenoxy) is 10. The van der Waals surface area contributed by atoms with Crippen LogP contribution in [0.25, 0.3) is 0 Å². The molecule has 0 unspecified atom stereocenters. The molecule has 1 rings (SSSR count). The van der Waals surface area contributed by atoms with E-state index < -0.39 is 0 Å². The lowest BCUT2D eigenvalue weighted by Crippen LogP contribution is -2.15. The SMILES string of the molecule is CCCCCCCCc1ccc(OCCOCCOCCOCCOCCOCCOCCOCCOCCOCCO)cc1. The summed E-state index contributed by atoms with van der Waals surface area (Å²) in [5.41, 5.74) is 1.38. The van der Waals surface area contributed by atoms with Crippen LogP contribution in [-0.4, -0.2) is 137 Å². The Bertz CT molecular complexity index is 693. The molecule has 0 aliphatic carbocycles. The smallest absolute Gasteiger partial charge is 0.119 e. The maximum Gasteiger partial charge on any atom is 0.119 e. The second kappa shape index (κ2) is 35.5. The fourth-order valence-electron chi connectivity index (χ4n) is 4.01. The summed E-state index contributed by atoms with van der Waals surface area (Å²) in [6.45, 7) is 11.9. The summed E-state index contributed by atoms with van der Waals surface area (Å²) < 4.78 is 54.6. The van der Waals surface area contributed by atoms with Gasteiger partial charge in [-0.3, -0.25) is 0 Å². The first-order valence-electron chi connectivity index (χ1n) is 16.9. The third-order valence-corrected chi connectivity index (χ3v) is 6.45. The summed E-state index contributed by atoms with van der Waals surface area (Å²) in [6, 6.07) is 8.43. The minimum Gasteiger partial charge on any atom is -0.491 e. The fraction of sp³-hybridized carbons (Fsp3) is 0.824. The number of hydrogen-bond donors (Lipinski definition) is 1. The summed E-state index contributed by atoms with van der Waals surface area (Å²) in [4.78, 5) is 0. The molecule has 0 aromatic heterocycles. The third-order valence-electron chi connectivity index (χ3n) is 6.45. The molecule has 0 aliphatic rings. The molecule has 0 spiro atoms. The van der Waals surface area contributed by atoms with E-state index in [1.807, 2.05) is 12.1 Å². The fourth-order valence-corrected chi connectivity index (χ4v) is 4.01. The first-order valence-corrected chi connectivity index (χ1v) is 16.9. The lowest BCUT2D eigenvalue weighted by Gasteiger charge is -2.09. The van der Waals surface area contributed by atoms with Gasteiger partial charge in [0.2, 0.25) is 0 Å². The zero-order valence-electron chi connectivity index (χ0n) is 27.9.